The number of hydrogen-bond donors (Lipinski definition) is 2. The fraction of sp³-hybridized carbons (Fsp3) is 0. The summed E-state index contributed by atoms with van der Waals surface area (Å²) in [6.07, 6.45) is 1.89. The Morgan fingerprint density at radius 3 is 2.41 bits per heavy atom. The van der Waals surface area contributed by atoms with E-state index in [9.17, 15) is 0 Å². The zero-order valence-electron chi connectivity index (χ0n) is 12.0. The standard InChI is InChI=1S/C19H15N3/c20-16-8-9-17-18(19(16)21)15-7-6-13(10-14(15)11-22-17)12-4-2-1-3-5-12/h1-11H,20-21H2. The van der Waals surface area contributed by atoms with Crippen molar-refractivity contribution >= 4 is 33.1 Å². The summed E-state index contributed by atoms with van der Waals surface area (Å²) >= 11 is 0. The molecule has 0 unspecified atom stereocenters. The zero-order chi connectivity index (χ0) is 15.1. The molecule has 0 saturated heterocycles. The molecule has 4 rings (SSSR count). The summed E-state index contributed by atoms with van der Waals surface area (Å²) in [6, 6.07) is 20.3. The number of benzene rings is 3. The first-order valence-electron chi connectivity index (χ1n) is 7.16. The van der Waals surface area contributed by atoms with Gasteiger partial charge in [0.1, 0.15) is 0 Å². The summed E-state index contributed by atoms with van der Waals surface area (Å²) in [5.41, 5.74) is 16.5. The van der Waals surface area contributed by atoms with Gasteiger partial charge in [0, 0.05) is 17.0 Å². The van der Waals surface area contributed by atoms with E-state index in [2.05, 4.69) is 35.3 Å². The van der Waals surface area contributed by atoms with Gasteiger partial charge in [-0.15, -0.1) is 0 Å². The number of fused-ring (bicyclic) bond motifs is 3. The third-order valence-corrected chi connectivity index (χ3v) is 4.03. The minimum atomic E-state index is 0.592. The number of rotatable bonds is 1. The van der Waals surface area contributed by atoms with E-state index in [-0.39, 0.29) is 0 Å². The van der Waals surface area contributed by atoms with Gasteiger partial charge in [-0.3, -0.25) is 4.98 Å². The molecule has 0 saturated carbocycles. The van der Waals surface area contributed by atoms with Crippen LogP contribution in [0.4, 0.5) is 11.4 Å². The van der Waals surface area contributed by atoms with Crippen LogP contribution in [0.5, 0.6) is 0 Å². The molecule has 22 heavy (non-hydrogen) atoms. The number of hydrogen-bond acceptors (Lipinski definition) is 3. The van der Waals surface area contributed by atoms with Crippen LogP contribution in [-0.4, -0.2) is 4.98 Å². The average Bonchev–Trinajstić information content (AvgIpc) is 2.58. The molecule has 0 bridgehead atoms. The highest BCUT2D eigenvalue weighted by molar-refractivity contribution is 6.14. The summed E-state index contributed by atoms with van der Waals surface area (Å²) in [5.74, 6) is 0. The Labute approximate surface area is 128 Å². The average molecular weight is 285 g/mol. The summed E-state index contributed by atoms with van der Waals surface area (Å²) in [4.78, 5) is 4.51. The minimum Gasteiger partial charge on any atom is -0.397 e. The van der Waals surface area contributed by atoms with Crippen LogP contribution in [0.2, 0.25) is 0 Å². The number of nitrogens with two attached hydrogens (primary N) is 2. The number of nitrogen functional groups attached to an aromatic ring is 2. The van der Waals surface area contributed by atoms with E-state index >= 15 is 0 Å². The van der Waals surface area contributed by atoms with Crippen molar-refractivity contribution in [2.75, 3.05) is 11.5 Å². The molecule has 1 aromatic heterocycles. The molecule has 106 valence electrons. The van der Waals surface area contributed by atoms with Crippen LogP contribution < -0.4 is 11.5 Å². The second-order valence-corrected chi connectivity index (χ2v) is 5.39. The second kappa shape index (κ2) is 4.74. The van der Waals surface area contributed by atoms with Crippen molar-refractivity contribution in [3.05, 3.63) is 66.9 Å². The Bertz CT molecular complexity index is 992. The highest BCUT2D eigenvalue weighted by Crippen LogP contribution is 2.33. The quantitative estimate of drug-likeness (QED) is 0.406. The normalized spacial score (nSPS) is 11.1. The molecule has 3 nitrogen and oxygen atoms in total. The van der Waals surface area contributed by atoms with Crippen LogP contribution >= 0.6 is 0 Å². The lowest BCUT2D eigenvalue weighted by atomic mass is 9.99. The molecule has 0 amide bonds. The maximum absolute atomic E-state index is 6.17. The lowest BCUT2D eigenvalue weighted by molar-refractivity contribution is 1.44. The summed E-state index contributed by atoms with van der Waals surface area (Å²) in [5, 5.41) is 3.07. The highest BCUT2D eigenvalue weighted by Gasteiger charge is 2.08. The van der Waals surface area contributed by atoms with Gasteiger partial charge in [0.25, 0.3) is 0 Å². The molecule has 4 N–H and O–H groups in total. The van der Waals surface area contributed by atoms with Crippen LogP contribution in [-0.2, 0) is 0 Å². The van der Waals surface area contributed by atoms with Crippen LogP contribution in [0, 0.1) is 0 Å². The third-order valence-electron chi connectivity index (χ3n) is 4.03. The molecule has 4 aromatic rings. The zero-order valence-corrected chi connectivity index (χ0v) is 12.0. The molecular weight excluding hydrogens is 270 g/mol. The highest BCUT2D eigenvalue weighted by atomic mass is 14.7. The van der Waals surface area contributed by atoms with Crippen LogP contribution in [0.15, 0.2) is 66.9 Å². The van der Waals surface area contributed by atoms with Crippen molar-refractivity contribution in [2.45, 2.75) is 0 Å². The van der Waals surface area contributed by atoms with Crippen LogP contribution in [0.25, 0.3) is 32.8 Å². The number of nitrogens with zero attached hydrogens (tertiary/aromatic N) is 1. The van der Waals surface area contributed by atoms with Gasteiger partial charge in [-0.1, -0.05) is 42.5 Å². The van der Waals surface area contributed by atoms with Gasteiger partial charge in [0.15, 0.2) is 0 Å². The Kier molecular flexibility index (Phi) is 2.73. The lowest BCUT2D eigenvalue weighted by Gasteiger charge is -2.10. The molecule has 0 spiro atoms. The van der Waals surface area contributed by atoms with Crippen molar-refractivity contribution in [3.63, 3.8) is 0 Å². The van der Waals surface area contributed by atoms with E-state index < -0.39 is 0 Å². The van der Waals surface area contributed by atoms with Gasteiger partial charge in [-0.25, -0.2) is 0 Å². The molecule has 0 aliphatic carbocycles. The first-order chi connectivity index (χ1) is 10.7. The molecule has 0 fully saturated rings. The molecular formula is C19H15N3. The summed E-state index contributed by atoms with van der Waals surface area (Å²) in [7, 11) is 0. The molecule has 3 heteroatoms. The van der Waals surface area contributed by atoms with Gasteiger partial charge in [0.2, 0.25) is 0 Å². The van der Waals surface area contributed by atoms with Gasteiger partial charge >= 0.3 is 0 Å². The van der Waals surface area contributed by atoms with Crippen LogP contribution in [0.1, 0.15) is 0 Å². The van der Waals surface area contributed by atoms with Crippen molar-refractivity contribution in [3.8, 4) is 11.1 Å². The summed E-state index contributed by atoms with van der Waals surface area (Å²) < 4.78 is 0. The Balaban J connectivity index is 2.03. The SMILES string of the molecule is Nc1ccc2ncc3cc(-c4ccccc4)ccc3c2c1N. The van der Waals surface area contributed by atoms with E-state index in [1.807, 2.05) is 30.5 Å². The third kappa shape index (κ3) is 1.87. The second-order valence-electron chi connectivity index (χ2n) is 5.39. The fourth-order valence-corrected chi connectivity index (χ4v) is 2.86. The molecule has 0 radical (unpaired) electrons. The van der Waals surface area contributed by atoms with E-state index in [0.717, 1.165) is 27.2 Å². The smallest absolute Gasteiger partial charge is 0.0730 e. The lowest BCUT2D eigenvalue weighted by Crippen LogP contribution is -1.96. The summed E-state index contributed by atoms with van der Waals surface area (Å²) in [6.45, 7) is 0. The van der Waals surface area contributed by atoms with Gasteiger partial charge in [-0.2, -0.15) is 0 Å². The van der Waals surface area contributed by atoms with Gasteiger partial charge in [-0.05, 0) is 34.7 Å². The molecule has 0 aliphatic heterocycles. The largest absolute Gasteiger partial charge is 0.397 e. The number of pyridine rings is 1. The van der Waals surface area contributed by atoms with Gasteiger partial charge in [0.05, 0.1) is 16.9 Å². The first-order valence-corrected chi connectivity index (χ1v) is 7.16. The van der Waals surface area contributed by atoms with Crippen LogP contribution in [0.3, 0.4) is 0 Å². The monoisotopic (exact) mass is 285 g/mol. The fourth-order valence-electron chi connectivity index (χ4n) is 2.86. The Morgan fingerprint density at radius 2 is 1.59 bits per heavy atom. The van der Waals surface area contributed by atoms with Crippen molar-refractivity contribution in [1.82, 2.24) is 4.98 Å². The van der Waals surface area contributed by atoms with Crippen molar-refractivity contribution in [2.24, 2.45) is 0 Å². The molecule has 1 heterocycles. The predicted molar refractivity (Wildman–Crippen MR) is 93.5 cm³/mol. The topological polar surface area (TPSA) is 64.9 Å². The minimum absolute atomic E-state index is 0.592. The molecule has 0 atom stereocenters. The van der Waals surface area contributed by atoms with E-state index in [1.165, 1.54) is 5.56 Å². The maximum atomic E-state index is 6.17. The molecule has 0 aliphatic rings. The first kappa shape index (κ1) is 12.7. The Hall–Kier alpha value is -3.07. The van der Waals surface area contributed by atoms with Crippen molar-refractivity contribution < 1.29 is 0 Å². The predicted octanol–water partition coefficient (Wildman–Crippen LogP) is 4.22. The Morgan fingerprint density at radius 1 is 0.773 bits per heavy atom. The maximum Gasteiger partial charge on any atom is 0.0730 e. The van der Waals surface area contributed by atoms with Crippen molar-refractivity contribution in [1.29, 1.82) is 0 Å². The number of anilines is 2. The van der Waals surface area contributed by atoms with E-state index in [0.29, 0.717) is 11.4 Å². The van der Waals surface area contributed by atoms with E-state index in [4.69, 9.17) is 11.5 Å². The van der Waals surface area contributed by atoms with E-state index in [1.54, 1.807) is 6.07 Å². The molecule has 3 aromatic carbocycles. The van der Waals surface area contributed by atoms with Gasteiger partial charge < -0.3 is 11.5 Å². The number of aromatic nitrogens is 1.